The van der Waals surface area contributed by atoms with Crippen molar-refractivity contribution in [3.8, 4) is 17.1 Å². The third-order valence-corrected chi connectivity index (χ3v) is 9.97. The van der Waals surface area contributed by atoms with Gasteiger partial charge in [0, 0.05) is 23.4 Å². The Hall–Kier alpha value is -4.06. The van der Waals surface area contributed by atoms with Crippen LogP contribution in [0.4, 0.5) is 11.5 Å². The Kier molecular flexibility index (Phi) is 5.77. The van der Waals surface area contributed by atoms with Crippen LogP contribution in [-0.4, -0.2) is 50.7 Å². The number of carbonyl (C=O) groups excluding carboxylic acids is 1. The van der Waals surface area contributed by atoms with Gasteiger partial charge in [0.25, 0.3) is 0 Å². The van der Waals surface area contributed by atoms with Gasteiger partial charge in [0.05, 0.1) is 47.3 Å². The first-order valence-electron chi connectivity index (χ1n) is 13.6. The average Bonchev–Trinajstić information content (AvgIpc) is 3.85. The molecule has 2 unspecified atom stereocenters. The van der Waals surface area contributed by atoms with E-state index in [2.05, 4.69) is 30.1 Å². The average molecular weight is 560 g/mol. The molecule has 11 nitrogen and oxygen atoms in total. The van der Waals surface area contributed by atoms with Gasteiger partial charge in [0.15, 0.2) is 5.65 Å². The van der Waals surface area contributed by atoms with E-state index in [1.165, 1.54) is 0 Å². The molecule has 3 aromatic heterocycles. The van der Waals surface area contributed by atoms with Gasteiger partial charge < -0.3 is 10.1 Å². The molecule has 3 aliphatic rings. The van der Waals surface area contributed by atoms with Crippen LogP contribution in [0, 0.1) is 11.8 Å². The highest BCUT2D eigenvalue weighted by Gasteiger charge is 2.59. The molecule has 1 aromatic carbocycles. The molecule has 12 heteroatoms. The van der Waals surface area contributed by atoms with Gasteiger partial charge >= 0.3 is 0 Å². The summed E-state index contributed by atoms with van der Waals surface area (Å²) >= 11 is 0. The fourth-order valence-corrected chi connectivity index (χ4v) is 7.21. The number of aromatic nitrogens is 5. The molecule has 1 amide bonds. The summed E-state index contributed by atoms with van der Waals surface area (Å²) < 4.78 is 35.2. The Labute approximate surface area is 231 Å². The molecule has 0 saturated heterocycles. The second kappa shape index (κ2) is 9.26. The van der Waals surface area contributed by atoms with Gasteiger partial charge in [-0.05, 0) is 63.0 Å². The maximum absolute atomic E-state index is 14.1. The predicted molar refractivity (Wildman–Crippen MR) is 148 cm³/mol. The molecule has 0 bridgehead atoms. The van der Waals surface area contributed by atoms with Crippen LogP contribution in [0.1, 0.15) is 44.7 Å². The van der Waals surface area contributed by atoms with Crippen molar-refractivity contribution in [1.29, 1.82) is 0 Å². The Morgan fingerprint density at radius 3 is 2.60 bits per heavy atom. The van der Waals surface area contributed by atoms with Crippen molar-refractivity contribution in [2.75, 3.05) is 16.6 Å². The lowest BCUT2D eigenvalue weighted by Crippen LogP contribution is -2.41. The highest BCUT2D eigenvalue weighted by Crippen LogP contribution is 2.61. The Morgan fingerprint density at radius 1 is 1.10 bits per heavy atom. The lowest BCUT2D eigenvalue weighted by Gasteiger charge is -2.30. The van der Waals surface area contributed by atoms with Gasteiger partial charge in [-0.15, -0.1) is 0 Å². The molecule has 0 aliphatic heterocycles. The van der Waals surface area contributed by atoms with E-state index in [4.69, 9.17) is 4.74 Å². The third-order valence-electron chi connectivity index (χ3n) is 8.13. The zero-order chi connectivity index (χ0) is 27.5. The van der Waals surface area contributed by atoms with Crippen molar-refractivity contribution in [2.24, 2.45) is 11.8 Å². The molecule has 7 rings (SSSR count). The minimum absolute atomic E-state index is 0.135. The lowest BCUT2D eigenvalue weighted by molar-refractivity contribution is -0.122. The van der Waals surface area contributed by atoms with Gasteiger partial charge in [-0.3, -0.25) is 14.5 Å². The van der Waals surface area contributed by atoms with E-state index in [1.807, 2.05) is 31.2 Å². The normalized spacial score (nSPS) is 23.5. The molecule has 3 heterocycles. The van der Waals surface area contributed by atoms with Crippen molar-refractivity contribution in [3.63, 3.8) is 0 Å². The number of fused-ring (bicyclic) bond motifs is 2. The first-order chi connectivity index (χ1) is 19.3. The van der Waals surface area contributed by atoms with E-state index in [9.17, 15) is 13.2 Å². The molecular formula is C28H29N7O4S. The molecule has 0 spiro atoms. The van der Waals surface area contributed by atoms with E-state index < -0.39 is 15.4 Å². The summed E-state index contributed by atoms with van der Waals surface area (Å²) in [7, 11) is -3.52. The van der Waals surface area contributed by atoms with E-state index >= 15 is 0 Å². The number of rotatable bonds is 9. The number of sulfonamides is 1. The van der Waals surface area contributed by atoms with Crippen LogP contribution in [-0.2, 0) is 20.2 Å². The van der Waals surface area contributed by atoms with Crippen LogP contribution in [0.3, 0.4) is 0 Å². The van der Waals surface area contributed by atoms with Crippen LogP contribution >= 0.6 is 0 Å². The third kappa shape index (κ3) is 4.45. The highest BCUT2D eigenvalue weighted by atomic mass is 32.2. The van der Waals surface area contributed by atoms with Crippen molar-refractivity contribution in [2.45, 2.75) is 49.7 Å². The number of carbonyl (C=O) groups is 1. The fraction of sp³-hybridized carbons (Fsp3) is 0.393. The number of nitrogens with one attached hydrogen (secondary N) is 2. The minimum Gasteiger partial charge on any atom is -0.477 e. The van der Waals surface area contributed by atoms with Crippen molar-refractivity contribution < 1.29 is 17.9 Å². The van der Waals surface area contributed by atoms with E-state index in [-0.39, 0.29) is 17.0 Å². The SMILES string of the molecule is CCOc1cncc(-c2ccc(NC(=O)C3(c4cc(NS(=O)(=O)C5CC5)nc5ccnn45)CC4CC4C3)cc2)n1. The van der Waals surface area contributed by atoms with Crippen molar-refractivity contribution in [1.82, 2.24) is 24.6 Å². The summed E-state index contributed by atoms with van der Waals surface area (Å²) in [4.78, 5) is 27.3. The van der Waals surface area contributed by atoms with Gasteiger partial charge in [-0.25, -0.2) is 22.9 Å². The molecule has 2 N–H and O–H groups in total. The molecule has 4 aromatic rings. The number of anilines is 2. The van der Waals surface area contributed by atoms with E-state index in [1.54, 1.807) is 35.2 Å². The quantitative estimate of drug-likeness (QED) is 0.316. The minimum atomic E-state index is -3.52. The first kappa shape index (κ1) is 24.9. The summed E-state index contributed by atoms with van der Waals surface area (Å²) in [6.45, 7) is 2.39. The largest absolute Gasteiger partial charge is 0.477 e. The molecule has 3 saturated carbocycles. The number of ether oxygens (including phenoxy) is 1. The van der Waals surface area contributed by atoms with Crippen LogP contribution < -0.4 is 14.8 Å². The maximum atomic E-state index is 14.1. The molecule has 0 radical (unpaired) electrons. The summed E-state index contributed by atoms with van der Waals surface area (Å²) in [5.74, 6) is 1.48. The zero-order valence-electron chi connectivity index (χ0n) is 21.9. The molecular weight excluding hydrogens is 530 g/mol. The standard InChI is InChI=1S/C28H29N7O4S/c1-2-39-26-16-29-15-22(32-26)17-3-5-20(6-4-17)31-27(36)28(13-18-11-19(18)14-28)23-12-24(33-25-9-10-30-35(23)25)34-40(37,38)21-7-8-21/h3-6,9-10,12,15-16,18-19,21H,2,7-8,11,13-14H2,1H3,(H,31,36)(H,33,34). The van der Waals surface area contributed by atoms with Crippen LogP contribution in [0.15, 0.2) is 55.0 Å². The lowest BCUT2D eigenvalue weighted by atomic mass is 9.78. The van der Waals surface area contributed by atoms with Crippen LogP contribution in [0.5, 0.6) is 5.88 Å². The van der Waals surface area contributed by atoms with Gasteiger partial charge in [-0.1, -0.05) is 12.1 Å². The Balaban J connectivity index is 1.20. The van der Waals surface area contributed by atoms with E-state index in [0.29, 0.717) is 72.7 Å². The highest BCUT2D eigenvalue weighted by molar-refractivity contribution is 7.93. The smallest absolute Gasteiger partial charge is 0.236 e. The number of hydrogen-bond acceptors (Lipinski definition) is 8. The fourth-order valence-electron chi connectivity index (χ4n) is 5.89. The summed E-state index contributed by atoms with van der Waals surface area (Å²) in [5, 5.41) is 7.21. The van der Waals surface area contributed by atoms with Gasteiger partial charge in [0.1, 0.15) is 5.82 Å². The summed E-state index contributed by atoms with van der Waals surface area (Å²) in [5.41, 5.74) is 2.47. The van der Waals surface area contributed by atoms with Gasteiger partial charge in [0.2, 0.25) is 21.8 Å². The van der Waals surface area contributed by atoms with E-state index in [0.717, 1.165) is 12.0 Å². The van der Waals surface area contributed by atoms with Crippen LogP contribution in [0.25, 0.3) is 16.9 Å². The molecule has 2 atom stereocenters. The molecule has 206 valence electrons. The molecule has 3 aliphatic carbocycles. The maximum Gasteiger partial charge on any atom is 0.236 e. The molecule has 40 heavy (non-hydrogen) atoms. The topological polar surface area (TPSA) is 140 Å². The summed E-state index contributed by atoms with van der Waals surface area (Å²) in [6, 6.07) is 10.9. The van der Waals surface area contributed by atoms with Crippen molar-refractivity contribution in [3.05, 3.63) is 60.7 Å². The number of amides is 1. The summed E-state index contributed by atoms with van der Waals surface area (Å²) in [6.07, 6.45) is 8.63. The monoisotopic (exact) mass is 559 g/mol. The Bertz CT molecular complexity index is 1710. The number of nitrogens with zero attached hydrogens (tertiary/aromatic N) is 5. The van der Waals surface area contributed by atoms with Crippen LogP contribution in [0.2, 0.25) is 0 Å². The zero-order valence-corrected chi connectivity index (χ0v) is 22.8. The predicted octanol–water partition coefficient (Wildman–Crippen LogP) is 3.80. The molecule has 3 fully saturated rings. The second-order valence-electron chi connectivity index (χ2n) is 10.9. The first-order valence-corrected chi connectivity index (χ1v) is 15.1. The number of benzene rings is 1. The number of hydrogen-bond donors (Lipinski definition) is 2. The van der Waals surface area contributed by atoms with Crippen molar-refractivity contribution >= 4 is 33.1 Å². The Morgan fingerprint density at radius 2 is 1.88 bits per heavy atom. The second-order valence-corrected chi connectivity index (χ2v) is 12.9. The van der Waals surface area contributed by atoms with Gasteiger partial charge in [-0.2, -0.15) is 5.10 Å².